The molecule has 0 aliphatic carbocycles. The molecule has 2 heteroatoms. The summed E-state index contributed by atoms with van der Waals surface area (Å²) in [6.07, 6.45) is 5.57. The van der Waals surface area contributed by atoms with Crippen molar-refractivity contribution in [2.75, 3.05) is 0 Å². The number of hydrogen-bond donors (Lipinski definition) is 1. The van der Waals surface area contributed by atoms with E-state index >= 15 is 0 Å². The van der Waals surface area contributed by atoms with Crippen molar-refractivity contribution in [2.45, 2.75) is 59.5 Å². The Morgan fingerprint density at radius 1 is 1.29 bits per heavy atom. The van der Waals surface area contributed by atoms with Crippen LogP contribution in [0.15, 0.2) is 18.3 Å². The Labute approximate surface area is 105 Å². The number of aromatic nitrogens is 1. The molecule has 0 aliphatic heterocycles. The molecule has 0 saturated heterocycles. The van der Waals surface area contributed by atoms with Crippen LogP contribution < -0.4 is 0 Å². The van der Waals surface area contributed by atoms with Gasteiger partial charge in [0.15, 0.2) is 0 Å². The molecule has 0 radical (unpaired) electrons. The fraction of sp³-hybridized carbons (Fsp3) is 0.667. The average Bonchev–Trinajstić information content (AvgIpc) is 2.28. The van der Waals surface area contributed by atoms with Gasteiger partial charge in [-0.2, -0.15) is 0 Å². The molecule has 0 aromatic carbocycles. The van der Waals surface area contributed by atoms with E-state index in [0.29, 0.717) is 0 Å². The zero-order chi connectivity index (χ0) is 12.9. The van der Waals surface area contributed by atoms with Crippen LogP contribution >= 0.6 is 0 Å². The molecule has 0 amide bonds. The van der Waals surface area contributed by atoms with E-state index in [1.807, 2.05) is 6.20 Å². The van der Waals surface area contributed by atoms with Crippen LogP contribution in [0.4, 0.5) is 0 Å². The van der Waals surface area contributed by atoms with Crippen molar-refractivity contribution in [3.05, 3.63) is 29.6 Å². The minimum atomic E-state index is -0.225. The summed E-state index contributed by atoms with van der Waals surface area (Å²) in [6.45, 7) is 8.36. The molecule has 0 bridgehead atoms. The average molecular weight is 235 g/mol. The number of pyridine rings is 1. The predicted molar refractivity (Wildman–Crippen MR) is 72.0 cm³/mol. The fourth-order valence-electron chi connectivity index (χ4n) is 1.72. The molecule has 0 saturated carbocycles. The molecule has 96 valence electrons. The van der Waals surface area contributed by atoms with Crippen LogP contribution in [0.1, 0.15) is 51.8 Å². The van der Waals surface area contributed by atoms with Crippen molar-refractivity contribution in [1.82, 2.24) is 4.98 Å². The van der Waals surface area contributed by atoms with Gasteiger partial charge < -0.3 is 5.11 Å². The van der Waals surface area contributed by atoms with E-state index in [4.69, 9.17) is 0 Å². The number of aliphatic hydroxyl groups is 1. The van der Waals surface area contributed by atoms with Gasteiger partial charge in [0.2, 0.25) is 0 Å². The number of aryl methyl sites for hydroxylation is 2. The molecule has 1 unspecified atom stereocenters. The van der Waals surface area contributed by atoms with Crippen molar-refractivity contribution in [1.29, 1.82) is 0 Å². The van der Waals surface area contributed by atoms with Crippen molar-refractivity contribution in [2.24, 2.45) is 5.41 Å². The van der Waals surface area contributed by atoms with E-state index < -0.39 is 0 Å². The fourth-order valence-corrected chi connectivity index (χ4v) is 1.72. The second-order valence-corrected chi connectivity index (χ2v) is 5.79. The number of aliphatic hydroxyl groups excluding tert-OH is 1. The van der Waals surface area contributed by atoms with Gasteiger partial charge in [0.25, 0.3) is 0 Å². The Hall–Kier alpha value is -0.890. The van der Waals surface area contributed by atoms with Gasteiger partial charge >= 0.3 is 0 Å². The monoisotopic (exact) mass is 235 g/mol. The van der Waals surface area contributed by atoms with Crippen molar-refractivity contribution in [3.8, 4) is 0 Å². The van der Waals surface area contributed by atoms with E-state index in [1.54, 1.807) is 0 Å². The maximum absolute atomic E-state index is 9.93. The standard InChI is InChI=1S/C15H25NO/c1-5-12-9-10-13(16-11-12)7-6-8-14(17)15(2,3)4/h9-11,14,17H,5-8H2,1-4H3. The largest absolute Gasteiger partial charge is 0.393 e. The maximum Gasteiger partial charge on any atom is 0.0588 e. The van der Waals surface area contributed by atoms with E-state index in [0.717, 1.165) is 31.4 Å². The quantitative estimate of drug-likeness (QED) is 0.848. The number of rotatable bonds is 5. The molecule has 1 aromatic rings. The zero-order valence-electron chi connectivity index (χ0n) is 11.5. The van der Waals surface area contributed by atoms with Gasteiger partial charge in [0, 0.05) is 11.9 Å². The highest BCUT2D eigenvalue weighted by Crippen LogP contribution is 2.23. The third-order valence-corrected chi connectivity index (χ3v) is 3.20. The Morgan fingerprint density at radius 3 is 2.47 bits per heavy atom. The molecule has 1 heterocycles. The molecule has 0 fully saturated rings. The highest BCUT2D eigenvalue weighted by molar-refractivity contribution is 5.13. The molecular weight excluding hydrogens is 210 g/mol. The highest BCUT2D eigenvalue weighted by atomic mass is 16.3. The molecule has 1 N–H and O–H groups in total. The lowest BCUT2D eigenvalue weighted by atomic mass is 9.86. The summed E-state index contributed by atoms with van der Waals surface area (Å²) in [4.78, 5) is 4.43. The summed E-state index contributed by atoms with van der Waals surface area (Å²) in [5.74, 6) is 0. The summed E-state index contributed by atoms with van der Waals surface area (Å²) in [7, 11) is 0. The SMILES string of the molecule is CCc1ccc(CCCC(O)C(C)(C)C)nc1. The van der Waals surface area contributed by atoms with Gasteiger partial charge in [0.1, 0.15) is 0 Å². The van der Waals surface area contributed by atoms with E-state index in [9.17, 15) is 5.11 Å². The smallest absolute Gasteiger partial charge is 0.0588 e. The van der Waals surface area contributed by atoms with Crippen LogP contribution in [0.2, 0.25) is 0 Å². The van der Waals surface area contributed by atoms with Gasteiger partial charge in [-0.3, -0.25) is 4.98 Å². The Balaban J connectivity index is 2.35. The molecule has 0 aliphatic rings. The van der Waals surface area contributed by atoms with Crippen LogP contribution in [0.3, 0.4) is 0 Å². The Bertz CT molecular complexity index is 324. The summed E-state index contributed by atoms with van der Waals surface area (Å²) in [5.41, 5.74) is 2.39. The zero-order valence-corrected chi connectivity index (χ0v) is 11.5. The summed E-state index contributed by atoms with van der Waals surface area (Å²) < 4.78 is 0. The highest BCUT2D eigenvalue weighted by Gasteiger charge is 2.21. The topological polar surface area (TPSA) is 33.1 Å². The van der Waals surface area contributed by atoms with Crippen LogP contribution in [0, 0.1) is 5.41 Å². The minimum absolute atomic E-state index is 0.0144. The van der Waals surface area contributed by atoms with Crippen LogP contribution in [0.5, 0.6) is 0 Å². The molecule has 1 aromatic heterocycles. The van der Waals surface area contributed by atoms with E-state index in [1.165, 1.54) is 5.56 Å². The van der Waals surface area contributed by atoms with Crippen LogP contribution in [0.25, 0.3) is 0 Å². The molecule has 1 rings (SSSR count). The molecular formula is C15H25NO. The lowest BCUT2D eigenvalue weighted by Gasteiger charge is -2.25. The van der Waals surface area contributed by atoms with Gasteiger partial charge in [-0.15, -0.1) is 0 Å². The van der Waals surface area contributed by atoms with Crippen LogP contribution in [-0.2, 0) is 12.8 Å². The summed E-state index contributed by atoms with van der Waals surface area (Å²) in [5, 5.41) is 9.93. The van der Waals surface area contributed by atoms with Gasteiger partial charge in [-0.1, -0.05) is 33.8 Å². The third-order valence-electron chi connectivity index (χ3n) is 3.20. The first-order valence-corrected chi connectivity index (χ1v) is 6.55. The van der Waals surface area contributed by atoms with Crippen molar-refractivity contribution < 1.29 is 5.11 Å². The maximum atomic E-state index is 9.93. The van der Waals surface area contributed by atoms with Crippen molar-refractivity contribution >= 4 is 0 Å². The third kappa shape index (κ3) is 4.86. The minimum Gasteiger partial charge on any atom is -0.393 e. The predicted octanol–water partition coefficient (Wildman–Crippen LogP) is 3.37. The molecule has 1 atom stereocenters. The Kier molecular flexibility index (Phi) is 5.13. The van der Waals surface area contributed by atoms with Gasteiger partial charge in [-0.25, -0.2) is 0 Å². The summed E-state index contributed by atoms with van der Waals surface area (Å²) >= 11 is 0. The van der Waals surface area contributed by atoms with E-state index in [2.05, 4.69) is 44.8 Å². The first-order chi connectivity index (χ1) is 7.93. The van der Waals surface area contributed by atoms with E-state index in [-0.39, 0.29) is 11.5 Å². The van der Waals surface area contributed by atoms with Crippen molar-refractivity contribution in [3.63, 3.8) is 0 Å². The molecule has 0 spiro atoms. The Morgan fingerprint density at radius 2 is 2.00 bits per heavy atom. The second kappa shape index (κ2) is 6.15. The lowest BCUT2D eigenvalue weighted by Crippen LogP contribution is -2.25. The van der Waals surface area contributed by atoms with Crippen LogP contribution in [-0.4, -0.2) is 16.2 Å². The normalized spacial score (nSPS) is 13.7. The molecule has 2 nitrogen and oxygen atoms in total. The number of nitrogens with zero attached hydrogens (tertiary/aromatic N) is 1. The van der Waals surface area contributed by atoms with Gasteiger partial charge in [-0.05, 0) is 42.7 Å². The lowest BCUT2D eigenvalue weighted by molar-refractivity contribution is 0.0540. The number of hydrogen-bond acceptors (Lipinski definition) is 2. The molecule has 17 heavy (non-hydrogen) atoms. The first kappa shape index (κ1) is 14.2. The van der Waals surface area contributed by atoms with Gasteiger partial charge in [0.05, 0.1) is 6.10 Å². The summed E-state index contributed by atoms with van der Waals surface area (Å²) in [6, 6.07) is 4.24. The first-order valence-electron chi connectivity index (χ1n) is 6.55. The second-order valence-electron chi connectivity index (χ2n) is 5.79.